The van der Waals surface area contributed by atoms with Crippen molar-refractivity contribution in [1.29, 1.82) is 0 Å². The van der Waals surface area contributed by atoms with Gasteiger partial charge < -0.3 is 10.3 Å². The molecule has 0 amide bonds. The van der Waals surface area contributed by atoms with Gasteiger partial charge in [-0.1, -0.05) is 24.3 Å². The number of aromatic amines is 2. The number of aryl methyl sites for hydroxylation is 1. The summed E-state index contributed by atoms with van der Waals surface area (Å²) >= 11 is 0. The first kappa shape index (κ1) is 16.3. The molecule has 3 N–H and O–H groups in total. The predicted molar refractivity (Wildman–Crippen MR) is 111 cm³/mol. The van der Waals surface area contributed by atoms with Crippen molar-refractivity contribution in [3.63, 3.8) is 0 Å². The number of benzene rings is 2. The largest absolute Gasteiger partial charge is 0.359 e. The van der Waals surface area contributed by atoms with Gasteiger partial charge in [0.1, 0.15) is 5.82 Å². The fourth-order valence-corrected chi connectivity index (χ4v) is 3.28. The molecule has 3 heterocycles. The zero-order chi connectivity index (χ0) is 18.9. The van der Waals surface area contributed by atoms with Gasteiger partial charge in [0.2, 0.25) is 0 Å². The molecular weight excluding hydrogens is 348 g/mol. The molecule has 0 unspecified atom stereocenters. The molecule has 5 rings (SSSR count). The monoisotopic (exact) mass is 366 g/mol. The summed E-state index contributed by atoms with van der Waals surface area (Å²) in [6, 6.07) is 18.4. The number of anilines is 2. The summed E-state index contributed by atoms with van der Waals surface area (Å²) in [6.45, 7) is 2.05. The van der Waals surface area contributed by atoms with Crippen LogP contribution in [0.3, 0.4) is 0 Å². The summed E-state index contributed by atoms with van der Waals surface area (Å²) in [7, 11) is 0. The molecule has 0 bridgehead atoms. The Bertz CT molecular complexity index is 1240. The highest BCUT2D eigenvalue weighted by molar-refractivity contribution is 5.84. The molecule has 0 saturated carbocycles. The molecule has 6 nitrogen and oxygen atoms in total. The van der Waals surface area contributed by atoms with Crippen molar-refractivity contribution in [2.45, 2.75) is 6.92 Å². The molecule has 0 fully saturated rings. The predicted octanol–water partition coefficient (Wildman–Crippen LogP) is 5.07. The van der Waals surface area contributed by atoms with Crippen LogP contribution >= 0.6 is 0 Å². The highest BCUT2D eigenvalue weighted by Gasteiger charge is 2.06. The Morgan fingerprint density at radius 3 is 2.57 bits per heavy atom. The van der Waals surface area contributed by atoms with E-state index in [-0.39, 0.29) is 0 Å². The van der Waals surface area contributed by atoms with Crippen LogP contribution < -0.4 is 5.32 Å². The highest BCUT2D eigenvalue weighted by Crippen LogP contribution is 2.25. The fourth-order valence-electron chi connectivity index (χ4n) is 3.28. The van der Waals surface area contributed by atoms with E-state index in [0.29, 0.717) is 5.82 Å². The van der Waals surface area contributed by atoms with Crippen LogP contribution in [0, 0.1) is 6.92 Å². The van der Waals surface area contributed by atoms with Crippen LogP contribution in [0.15, 0.2) is 73.2 Å². The lowest BCUT2D eigenvalue weighted by Crippen LogP contribution is -1.96. The Morgan fingerprint density at radius 1 is 0.893 bits per heavy atom. The summed E-state index contributed by atoms with van der Waals surface area (Å²) < 4.78 is 0. The average molecular weight is 366 g/mol. The molecule has 0 radical (unpaired) electrons. The van der Waals surface area contributed by atoms with E-state index in [9.17, 15) is 0 Å². The van der Waals surface area contributed by atoms with Gasteiger partial charge >= 0.3 is 0 Å². The second-order valence-electron chi connectivity index (χ2n) is 6.71. The number of rotatable bonds is 4. The number of hydrogen-bond donors (Lipinski definition) is 3. The molecule has 0 aliphatic carbocycles. The summed E-state index contributed by atoms with van der Waals surface area (Å²) in [5.74, 6) is 1.44. The lowest BCUT2D eigenvalue weighted by Gasteiger charge is -2.08. The Morgan fingerprint density at radius 2 is 1.75 bits per heavy atom. The molecule has 2 aromatic carbocycles. The standard InChI is InChI=1S/C22H18N6/c1-14-10-16-2-3-17(11-20(16)26-14)22-23-9-8-21(28-22)27-19-6-4-15(5-7-19)18-12-24-25-13-18/h2-13,26H,1H3,(H,24,25)(H,23,27,28). The van der Waals surface area contributed by atoms with Crippen molar-refractivity contribution < 1.29 is 0 Å². The molecule has 0 spiro atoms. The maximum absolute atomic E-state index is 4.67. The first-order valence-electron chi connectivity index (χ1n) is 9.04. The van der Waals surface area contributed by atoms with Gasteiger partial charge in [-0.3, -0.25) is 5.10 Å². The van der Waals surface area contributed by atoms with Gasteiger partial charge in [-0.2, -0.15) is 5.10 Å². The van der Waals surface area contributed by atoms with Crippen molar-refractivity contribution in [3.05, 3.63) is 78.9 Å². The normalized spacial score (nSPS) is 11.0. The third-order valence-electron chi connectivity index (χ3n) is 4.66. The van der Waals surface area contributed by atoms with Crippen molar-refractivity contribution in [2.24, 2.45) is 0 Å². The SMILES string of the molecule is Cc1cc2ccc(-c3nccc(Nc4ccc(-c5cn[nH]c5)cc4)n3)cc2[nH]1. The smallest absolute Gasteiger partial charge is 0.161 e. The van der Waals surface area contributed by atoms with E-state index in [1.807, 2.05) is 30.6 Å². The maximum Gasteiger partial charge on any atom is 0.161 e. The third-order valence-corrected chi connectivity index (χ3v) is 4.66. The van der Waals surface area contributed by atoms with Crippen LogP contribution in [-0.4, -0.2) is 25.1 Å². The Balaban J connectivity index is 1.40. The van der Waals surface area contributed by atoms with Gasteiger partial charge in [-0.05, 0) is 48.2 Å². The zero-order valence-corrected chi connectivity index (χ0v) is 15.3. The fraction of sp³-hybridized carbons (Fsp3) is 0.0455. The Labute approximate surface area is 161 Å². The number of fused-ring (bicyclic) bond motifs is 1. The minimum absolute atomic E-state index is 0.689. The van der Waals surface area contributed by atoms with E-state index < -0.39 is 0 Å². The highest BCUT2D eigenvalue weighted by atomic mass is 15.1. The first-order valence-corrected chi connectivity index (χ1v) is 9.04. The lowest BCUT2D eigenvalue weighted by molar-refractivity contribution is 1.09. The molecule has 6 heteroatoms. The zero-order valence-electron chi connectivity index (χ0n) is 15.3. The molecule has 0 saturated heterocycles. The van der Waals surface area contributed by atoms with Crippen molar-refractivity contribution >= 4 is 22.4 Å². The summed E-state index contributed by atoms with van der Waals surface area (Å²) in [6.07, 6.45) is 5.46. The molecule has 136 valence electrons. The maximum atomic E-state index is 4.67. The quantitative estimate of drug-likeness (QED) is 0.415. The van der Waals surface area contributed by atoms with Gasteiger partial charge in [0.05, 0.1) is 6.20 Å². The van der Waals surface area contributed by atoms with Crippen LogP contribution in [0.25, 0.3) is 33.4 Å². The summed E-state index contributed by atoms with van der Waals surface area (Å²) in [4.78, 5) is 12.5. The number of nitrogens with zero attached hydrogens (tertiary/aromatic N) is 3. The summed E-state index contributed by atoms with van der Waals surface area (Å²) in [5.41, 5.74) is 6.35. The molecule has 3 aromatic heterocycles. The van der Waals surface area contributed by atoms with Crippen LogP contribution in [0.2, 0.25) is 0 Å². The van der Waals surface area contributed by atoms with Gasteiger partial charge in [-0.25, -0.2) is 9.97 Å². The second-order valence-corrected chi connectivity index (χ2v) is 6.71. The first-order chi connectivity index (χ1) is 13.7. The van der Waals surface area contributed by atoms with Gasteiger partial charge in [0.25, 0.3) is 0 Å². The number of nitrogens with one attached hydrogen (secondary N) is 3. The molecule has 0 atom stereocenters. The molecule has 0 aliphatic heterocycles. The Hall–Kier alpha value is -3.93. The van der Waals surface area contributed by atoms with Gasteiger partial charge in [0, 0.05) is 40.4 Å². The number of aromatic nitrogens is 5. The second kappa shape index (κ2) is 6.66. The van der Waals surface area contributed by atoms with E-state index in [4.69, 9.17) is 0 Å². The molecule has 0 aliphatic rings. The summed E-state index contributed by atoms with van der Waals surface area (Å²) in [5, 5.41) is 11.4. The van der Waals surface area contributed by atoms with E-state index in [2.05, 4.69) is 73.8 Å². The molecular formula is C22H18N6. The van der Waals surface area contributed by atoms with Crippen LogP contribution in [0.1, 0.15) is 5.69 Å². The minimum atomic E-state index is 0.689. The minimum Gasteiger partial charge on any atom is -0.359 e. The Kier molecular flexibility index (Phi) is 3.87. The van der Waals surface area contributed by atoms with Crippen molar-refractivity contribution in [3.8, 4) is 22.5 Å². The van der Waals surface area contributed by atoms with Crippen LogP contribution in [0.5, 0.6) is 0 Å². The number of H-pyrrole nitrogens is 2. The molecule has 5 aromatic rings. The van der Waals surface area contributed by atoms with E-state index in [0.717, 1.165) is 39.4 Å². The number of hydrogen-bond acceptors (Lipinski definition) is 4. The van der Waals surface area contributed by atoms with E-state index >= 15 is 0 Å². The van der Waals surface area contributed by atoms with Crippen molar-refractivity contribution in [2.75, 3.05) is 5.32 Å². The third kappa shape index (κ3) is 3.12. The van der Waals surface area contributed by atoms with Crippen LogP contribution in [-0.2, 0) is 0 Å². The average Bonchev–Trinajstić information content (AvgIpc) is 3.37. The lowest BCUT2D eigenvalue weighted by atomic mass is 10.1. The van der Waals surface area contributed by atoms with Crippen LogP contribution in [0.4, 0.5) is 11.5 Å². The van der Waals surface area contributed by atoms with E-state index in [1.54, 1.807) is 6.20 Å². The molecule has 28 heavy (non-hydrogen) atoms. The van der Waals surface area contributed by atoms with Gasteiger partial charge in [0.15, 0.2) is 5.82 Å². The van der Waals surface area contributed by atoms with Gasteiger partial charge in [-0.15, -0.1) is 0 Å². The van der Waals surface area contributed by atoms with E-state index in [1.165, 1.54) is 5.39 Å². The van der Waals surface area contributed by atoms with Crippen molar-refractivity contribution in [1.82, 2.24) is 25.1 Å². The topological polar surface area (TPSA) is 82.3 Å².